The van der Waals surface area contributed by atoms with Crippen LogP contribution in [0.3, 0.4) is 0 Å². The molecule has 1 amide bonds. The number of fused-ring (bicyclic) bond motifs is 1. The van der Waals surface area contributed by atoms with Gasteiger partial charge < -0.3 is 14.8 Å². The topological polar surface area (TPSA) is 63.7 Å². The molecule has 4 rings (SSSR count). The molecule has 0 unspecified atom stereocenters. The number of carbonyl (C=O) groups is 1. The number of para-hydroxylation sites is 1. The minimum Gasteiger partial charge on any atom is -0.381 e. The zero-order valence-electron chi connectivity index (χ0n) is 14.9. The molecule has 0 bridgehead atoms. The maximum atomic E-state index is 12.6. The van der Waals surface area contributed by atoms with Gasteiger partial charge in [-0.1, -0.05) is 24.3 Å². The van der Waals surface area contributed by atoms with E-state index in [1.54, 1.807) is 6.07 Å². The third-order valence-electron chi connectivity index (χ3n) is 5.33. The van der Waals surface area contributed by atoms with Crippen LogP contribution in [0.2, 0.25) is 0 Å². The number of aromatic nitrogens is 1. The molecule has 0 saturated carbocycles. The highest BCUT2D eigenvalue weighted by Crippen LogP contribution is 2.22. The second-order valence-corrected chi connectivity index (χ2v) is 6.94. The van der Waals surface area contributed by atoms with Crippen LogP contribution in [0.15, 0.2) is 36.4 Å². The van der Waals surface area contributed by atoms with Crippen LogP contribution in [-0.4, -0.2) is 67.9 Å². The number of rotatable bonds is 5. The average Bonchev–Trinajstić information content (AvgIpc) is 3.23. The van der Waals surface area contributed by atoms with E-state index in [0.29, 0.717) is 18.2 Å². The zero-order valence-corrected chi connectivity index (χ0v) is 14.9. The number of nitrogens with zero attached hydrogens (tertiary/aromatic N) is 2. The van der Waals surface area contributed by atoms with Gasteiger partial charge in [0, 0.05) is 43.6 Å². The van der Waals surface area contributed by atoms with Gasteiger partial charge in [-0.15, -0.1) is 0 Å². The average molecular weight is 355 g/mol. The van der Waals surface area contributed by atoms with Gasteiger partial charge in [-0.05, 0) is 18.6 Å². The number of nitrogens with one attached hydrogen (secondary N) is 1. The first-order valence-electron chi connectivity index (χ1n) is 9.35. The fourth-order valence-corrected chi connectivity index (χ4v) is 3.84. The molecule has 0 radical (unpaired) electrons. The van der Waals surface area contributed by atoms with Crippen LogP contribution in [0.25, 0.3) is 10.9 Å². The van der Waals surface area contributed by atoms with Gasteiger partial charge in [0.15, 0.2) is 0 Å². The largest absolute Gasteiger partial charge is 0.381 e. The fraction of sp³-hybridized carbons (Fsp3) is 0.500. The van der Waals surface area contributed by atoms with Gasteiger partial charge in [-0.2, -0.15) is 0 Å². The third kappa shape index (κ3) is 3.87. The van der Waals surface area contributed by atoms with Gasteiger partial charge in [0.1, 0.15) is 5.69 Å². The summed E-state index contributed by atoms with van der Waals surface area (Å²) in [6.07, 6.45) is 1.05. The first-order chi connectivity index (χ1) is 12.8. The van der Waals surface area contributed by atoms with Gasteiger partial charge >= 0.3 is 0 Å². The molecule has 0 aliphatic carbocycles. The standard InChI is InChI=1S/C20H25N3O3/c24-20(18-6-5-15-3-1-2-4-17(15)22-18)21-13-19(16-7-10-26-14-16)23-8-11-25-12-9-23/h1-6,16,19H,7-14H2,(H,21,24)/t16-,19+/m1/s1. The predicted octanol–water partition coefficient (Wildman–Crippen LogP) is 1.70. The van der Waals surface area contributed by atoms with Crippen molar-refractivity contribution in [2.75, 3.05) is 46.1 Å². The van der Waals surface area contributed by atoms with Gasteiger partial charge in [-0.3, -0.25) is 9.69 Å². The summed E-state index contributed by atoms with van der Waals surface area (Å²) in [7, 11) is 0. The molecule has 2 fully saturated rings. The quantitative estimate of drug-likeness (QED) is 0.885. The number of ether oxygens (including phenoxy) is 2. The predicted molar refractivity (Wildman–Crippen MR) is 99.2 cm³/mol. The van der Waals surface area contributed by atoms with Crippen LogP contribution in [0.1, 0.15) is 16.9 Å². The third-order valence-corrected chi connectivity index (χ3v) is 5.33. The summed E-state index contributed by atoms with van der Waals surface area (Å²) in [6, 6.07) is 11.9. The summed E-state index contributed by atoms with van der Waals surface area (Å²) in [5.41, 5.74) is 1.31. The van der Waals surface area contributed by atoms with Crippen molar-refractivity contribution in [3.05, 3.63) is 42.1 Å². The van der Waals surface area contributed by atoms with Crippen molar-refractivity contribution in [3.8, 4) is 0 Å². The number of hydrogen-bond acceptors (Lipinski definition) is 5. The monoisotopic (exact) mass is 355 g/mol. The molecule has 6 heteroatoms. The lowest BCUT2D eigenvalue weighted by molar-refractivity contribution is 0.00165. The Morgan fingerprint density at radius 3 is 2.81 bits per heavy atom. The Morgan fingerprint density at radius 2 is 2.00 bits per heavy atom. The Kier molecular flexibility index (Phi) is 5.43. The van der Waals surface area contributed by atoms with Crippen LogP contribution >= 0.6 is 0 Å². The molecule has 26 heavy (non-hydrogen) atoms. The molecule has 2 aliphatic rings. The van der Waals surface area contributed by atoms with Crippen LogP contribution in [-0.2, 0) is 9.47 Å². The summed E-state index contributed by atoms with van der Waals surface area (Å²) in [6.45, 7) is 5.52. The van der Waals surface area contributed by atoms with Crippen LogP contribution in [0.4, 0.5) is 0 Å². The number of morpholine rings is 1. The van der Waals surface area contributed by atoms with E-state index in [0.717, 1.165) is 56.8 Å². The van der Waals surface area contributed by atoms with E-state index < -0.39 is 0 Å². The summed E-state index contributed by atoms with van der Waals surface area (Å²) in [5, 5.41) is 4.14. The maximum absolute atomic E-state index is 12.6. The Balaban J connectivity index is 1.44. The number of benzene rings is 1. The first-order valence-corrected chi connectivity index (χ1v) is 9.35. The molecule has 2 atom stereocenters. The Labute approximate surface area is 153 Å². The van der Waals surface area contributed by atoms with Crippen LogP contribution in [0.5, 0.6) is 0 Å². The number of hydrogen-bond donors (Lipinski definition) is 1. The molecule has 3 heterocycles. The lowest BCUT2D eigenvalue weighted by Gasteiger charge is -2.37. The first kappa shape index (κ1) is 17.4. The second-order valence-electron chi connectivity index (χ2n) is 6.94. The number of amides is 1. The minimum atomic E-state index is -0.118. The summed E-state index contributed by atoms with van der Waals surface area (Å²) in [5.74, 6) is 0.339. The second kappa shape index (κ2) is 8.12. The van der Waals surface area contributed by atoms with Gasteiger partial charge in [0.25, 0.3) is 5.91 Å². The van der Waals surface area contributed by atoms with Crippen molar-refractivity contribution in [2.24, 2.45) is 5.92 Å². The smallest absolute Gasteiger partial charge is 0.269 e. The van der Waals surface area contributed by atoms with Crippen molar-refractivity contribution in [1.82, 2.24) is 15.2 Å². The molecule has 138 valence electrons. The summed E-state index contributed by atoms with van der Waals surface area (Å²) < 4.78 is 11.1. The molecule has 2 saturated heterocycles. The summed E-state index contributed by atoms with van der Waals surface area (Å²) >= 11 is 0. The van der Waals surface area contributed by atoms with Crippen molar-refractivity contribution in [2.45, 2.75) is 12.5 Å². The molecule has 1 N–H and O–H groups in total. The maximum Gasteiger partial charge on any atom is 0.269 e. The van der Waals surface area contributed by atoms with Crippen LogP contribution < -0.4 is 5.32 Å². The molecule has 2 aromatic rings. The highest BCUT2D eigenvalue weighted by molar-refractivity contribution is 5.94. The Hall–Kier alpha value is -2.02. The van der Waals surface area contributed by atoms with E-state index in [1.807, 2.05) is 30.3 Å². The molecule has 6 nitrogen and oxygen atoms in total. The Bertz CT molecular complexity index is 755. The summed E-state index contributed by atoms with van der Waals surface area (Å²) in [4.78, 5) is 19.6. The molecule has 2 aliphatic heterocycles. The lowest BCUT2D eigenvalue weighted by atomic mass is 9.97. The molecule has 1 aromatic heterocycles. The normalized spacial score (nSPS) is 22.4. The fourth-order valence-electron chi connectivity index (χ4n) is 3.84. The van der Waals surface area contributed by atoms with E-state index in [-0.39, 0.29) is 11.9 Å². The Morgan fingerprint density at radius 1 is 1.15 bits per heavy atom. The highest BCUT2D eigenvalue weighted by Gasteiger charge is 2.31. The van der Waals surface area contributed by atoms with Gasteiger partial charge in [0.2, 0.25) is 0 Å². The zero-order chi connectivity index (χ0) is 17.8. The van der Waals surface area contributed by atoms with E-state index in [4.69, 9.17) is 9.47 Å². The van der Waals surface area contributed by atoms with Crippen molar-refractivity contribution >= 4 is 16.8 Å². The molecule has 0 spiro atoms. The van der Waals surface area contributed by atoms with Gasteiger partial charge in [-0.25, -0.2) is 4.98 Å². The lowest BCUT2D eigenvalue weighted by Crippen LogP contribution is -2.52. The van der Waals surface area contributed by atoms with E-state index >= 15 is 0 Å². The highest BCUT2D eigenvalue weighted by atomic mass is 16.5. The van der Waals surface area contributed by atoms with E-state index in [1.165, 1.54) is 0 Å². The van der Waals surface area contributed by atoms with Crippen molar-refractivity contribution in [3.63, 3.8) is 0 Å². The molecular formula is C20H25N3O3. The van der Waals surface area contributed by atoms with Crippen molar-refractivity contribution < 1.29 is 14.3 Å². The van der Waals surface area contributed by atoms with E-state index in [9.17, 15) is 4.79 Å². The molecular weight excluding hydrogens is 330 g/mol. The number of carbonyl (C=O) groups excluding carboxylic acids is 1. The SMILES string of the molecule is O=C(NC[C@@H]([C@@H]1CCOC1)N1CCOCC1)c1ccc2ccccc2n1. The van der Waals surface area contributed by atoms with Crippen molar-refractivity contribution in [1.29, 1.82) is 0 Å². The number of pyridine rings is 1. The van der Waals surface area contributed by atoms with E-state index in [2.05, 4.69) is 15.2 Å². The minimum absolute atomic E-state index is 0.118. The molecule has 1 aromatic carbocycles. The van der Waals surface area contributed by atoms with Crippen LogP contribution in [0, 0.1) is 5.92 Å². The van der Waals surface area contributed by atoms with Gasteiger partial charge in [0.05, 0.1) is 25.3 Å².